The van der Waals surface area contributed by atoms with Gasteiger partial charge in [0.1, 0.15) is 0 Å². The first-order valence-electron chi connectivity index (χ1n) is 6.17. The van der Waals surface area contributed by atoms with Crippen LogP contribution < -0.4 is 5.32 Å². The minimum atomic E-state index is 1.01. The fourth-order valence-corrected chi connectivity index (χ4v) is 2.96. The van der Waals surface area contributed by atoms with Gasteiger partial charge < -0.3 is 10.3 Å². The van der Waals surface area contributed by atoms with Crippen molar-refractivity contribution < 1.29 is 0 Å². The SMILES string of the molecule is CNCCc1c[nH]c2ccc(-c3cccs3)cc12. The van der Waals surface area contributed by atoms with Crippen molar-refractivity contribution in [3.63, 3.8) is 0 Å². The van der Waals surface area contributed by atoms with Crippen LogP contribution in [0.4, 0.5) is 0 Å². The van der Waals surface area contributed by atoms with Crippen LogP contribution >= 0.6 is 11.3 Å². The van der Waals surface area contributed by atoms with Crippen LogP contribution in [0.3, 0.4) is 0 Å². The summed E-state index contributed by atoms with van der Waals surface area (Å²) in [7, 11) is 1.99. The quantitative estimate of drug-likeness (QED) is 0.732. The van der Waals surface area contributed by atoms with Crippen molar-refractivity contribution in [3.05, 3.63) is 47.5 Å². The number of thiophene rings is 1. The second-order valence-electron chi connectivity index (χ2n) is 4.41. The number of fused-ring (bicyclic) bond motifs is 1. The highest BCUT2D eigenvalue weighted by Crippen LogP contribution is 2.29. The number of likely N-dealkylation sites (N-methyl/N-ethyl adjacent to an activating group) is 1. The second kappa shape index (κ2) is 4.96. The summed E-state index contributed by atoms with van der Waals surface area (Å²) in [4.78, 5) is 4.68. The number of aromatic amines is 1. The maximum absolute atomic E-state index is 3.35. The Balaban J connectivity index is 2.04. The van der Waals surface area contributed by atoms with Crippen LogP contribution in [0, 0.1) is 0 Å². The zero-order valence-corrected chi connectivity index (χ0v) is 11.2. The lowest BCUT2D eigenvalue weighted by molar-refractivity contribution is 0.795. The monoisotopic (exact) mass is 256 g/mol. The normalized spacial score (nSPS) is 11.2. The molecule has 0 atom stereocenters. The van der Waals surface area contributed by atoms with E-state index in [-0.39, 0.29) is 0 Å². The number of benzene rings is 1. The van der Waals surface area contributed by atoms with Crippen molar-refractivity contribution in [2.45, 2.75) is 6.42 Å². The average Bonchev–Trinajstić information content (AvgIpc) is 3.05. The van der Waals surface area contributed by atoms with E-state index in [0.29, 0.717) is 0 Å². The molecular formula is C15H16N2S. The van der Waals surface area contributed by atoms with E-state index in [1.807, 2.05) is 7.05 Å². The molecule has 0 saturated carbocycles. The van der Waals surface area contributed by atoms with Crippen molar-refractivity contribution in [3.8, 4) is 10.4 Å². The van der Waals surface area contributed by atoms with E-state index in [9.17, 15) is 0 Å². The van der Waals surface area contributed by atoms with Crippen molar-refractivity contribution in [1.29, 1.82) is 0 Å². The van der Waals surface area contributed by atoms with Crippen LogP contribution in [0.15, 0.2) is 41.9 Å². The standard InChI is InChI=1S/C15H16N2S/c1-16-7-6-12-10-17-14-5-4-11(9-13(12)14)15-3-2-8-18-15/h2-5,8-10,16-17H,6-7H2,1H3. The molecule has 0 aliphatic rings. The van der Waals surface area contributed by atoms with E-state index in [4.69, 9.17) is 0 Å². The van der Waals surface area contributed by atoms with Gasteiger partial charge in [-0.3, -0.25) is 0 Å². The molecule has 0 aliphatic heterocycles. The lowest BCUT2D eigenvalue weighted by Crippen LogP contribution is -2.09. The van der Waals surface area contributed by atoms with Crippen LogP contribution in [0.5, 0.6) is 0 Å². The van der Waals surface area contributed by atoms with E-state index >= 15 is 0 Å². The molecular weight excluding hydrogens is 240 g/mol. The molecule has 92 valence electrons. The summed E-state index contributed by atoms with van der Waals surface area (Å²) in [6.07, 6.45) is 3.19. The highest BCUT2D eigenvalue weighted by atomic mass is 32.1. The van der Waals surface area contributed by atoms with Gasteiger partial charge in [-0.1, -0.05) is 12.1 Å². The number of aromatic nitrogens is 1. The van der Waals surface area contributed by atoms with Gasteiger partial charge in [-0.05, 0) is 54.7 Å². The first kappa shape index (κ1) is 11.5. The van der Waals surface area contributed by atoms with E-state index in [0.717, 1.165) is 13.0 Å². The molecule has 1 aromatic carbocycles. The summed E-state index contributed by atoms with van der Waals surface area (Å²) < 4.78 is 0. The zero-order chi connectivity index (χ0) is 12.4. The Bertz CT molecular complexity index is 638. The third-order valence-electron chi connectivity index (χ3n) is 3.22. The molecule has 2 heterocycles. The van der Waals surface area contributed by atoms with Gasteiger partial charge in [-0.15, -0.1) is 11.3 Å². The lowest BCUT2D eigenvalue weighted by Gasteiger charge is -2.01. The molecule has 0 saturated heterocycles. The van der Waals surface area contributed by atoms with Crippen LogP contribution in [0.2, 0.25) is 0 Å². The summed E-state index contributed by atoms with van der Waals surface area (Å²) in [5.41, 5.74) is 3.92. The summed E-state index contributed by atoms with van der Waals surface area (Å²) in [5, 5.41) is 6.67. The third kappa shape index (κ3) is 2.07. The molecule has 0 spiro atoms. The Morgan fingerprint density at radius 3 is 3.00 bits per heavy atom. The van der Waals surface area contributed by atoms with Gasteiger partial charge >= 0.3 is 0 Å². The van der Waals surface area contributed by atoms with Gasteiger partial charge in [0, 0.05) is 22.0 Å². The largest absolute Gasteiger partial charge is 0.361 e. The topological polar surface area (TPSA) is 27.8 Å². The lowest BCUT2D eigenvalue weighted by atomic mass is 10.1. The molecule has 3 rings (SSSR count). The molecule has 2 nitrogen and oxygen atoms in total. The second-order valence-corrected chi connectivity index (χ2v) is 5.35. The Labute approximate surface area is 111 Å². The Kier molecular flexibility index (Phi) is 3.17. The first-order valence-corrected chi connectivity index (χ1v) is 7.05. The Morgan fingerprint density at radius 1 is 1.28 bits per heavy atom. The van der Waals surface area contributed by atoms with Gasteiger partial charge in [0.25, 0.3) is 0 Å². The van der Waals surface area contributed by atoms with E-state index < -0.39 is 0 Å². The molecule has 2 N–H and O–H groups in total. The number of nitrogens with one attached hydrogen (secondary N) is 2. The van der Waals surface area contributed by atoms with Gasteiger partial charge in [-0.2, -0.15) is 0 Å². The minimum absolute atomic E-state index is 1.01. The van der Waals surface area contributed by atoms with Crippen LogP contribution in [-0.4, -0.2) is 18.6 Å². The predicted molar refractivity (Wildman–Crippen MR) is 79.2 cm³/mol. The summed E-state index contributed by atoms with van der Waals surface area (Å²) in [6.45, 7) is 1.01. The minimum Gasteiger partial charge on any atom is -0.361 e. The molecule has 0 fully saturated rings. The van der Waals surface area contributed by atoms with Gasteiger partial charge in [0.15, 0.2) is 0 Å². The molecule has 2 aromatic heterocycles. The Morgan fingerprint density at radius 2 is 2.22 bits per heavy atom. The van der Waals surface area contributed by atoms with Crippen molar-refractivity contribution in [1.82, 2.24) is 10.3 Å². The molecule has 3 heteroatoms. The van der Waals surface area contributed by atoms with Crippen LogP contribution in [0.1, 0.15) is 5.56 Å². The van der Waals surface area contributed by atoms with Gasteiger partial charge in [0.05, 0.1) is 0 Å². The maximum atomic E-state index is 3.35. The predicted octanol–water partition coefficient (Wildman–Crippen LogP) is 3.66. The van der Waals surface area contributed by atoms with Crippen LogP contribution in [-0.2, 0) is 6.42 Å². The van der Waals surface area contributed by atoms with Crippen molar-refractivity contribution in [2.75, 3.05) is 13.6 Å². The third-order valence-corrected chi connectivity index (χ3v) is 4.14. The van der Waals surface area contributed by atoms with Crippen LogP contribution in [0.25, 0.3) is 21.3 Å². The number of H-pyrrole nitrogens is 1. The van der Waals surface area contributed by atoms with Crippen molar-refractivity contribution >= 4 is 22.2 Å². The molecule has 0 radical (unpaired) electrons. The van der Waals surface area contributed by atoms with Gasteiger partial charge in [0.2, 0.25) is 0 Å². The summed E-state index contributed by atoms with van der Waals surface area (Å²) in [6, 6.07) is 10.9. The zero-order valence-electron chi connectivity index (χ0n) is 10.4. The number of rotatable bonds is 4. The fraction of sp³-hybridized carbons (Fsp3) is 0.200. The summed E-state index contributed by atoms with van der Waals surface area (Å²) in [5.74, 6) is 0. The highest BCUT2D eigenvalue weighted by Gasteiger charge is 2.06. The molecule has 0 aliphatic carbocycles. The van der Waals surface area contributed by atoms with E-state index in [2.05, 4.69) is 52.2 Å². The summed E-state index contributed by atoms with van der Waals surface area (Å²) >= 11 is 1.79. The van der Waals surface area contributed by atoms with Crippen molar-refractivity contribution in [2.24, 2.45) is 0 Å². The maximum Gasteiger partial charge on any atom is 0.0457 e. The molecule has 18 heavy (non-hydrogen) atoms. The number of hydrogen-bond donors (Lipinski definition) is 2. The highest BCUT2D eigenvalue weighted by molar-refractivity contribution is 7.13. The number of hydrogen-bond acceptors (Lipinski definition) is 2. The molecule has 3 aromatic rings. The smallest absolute Gasteiger partial charge is 0.0457 e. The first-order chi connectivity index (χ1) is 8.88. The van der Waals surface area contributed by atoms with E-state index in [1.54, 1.807) is 11.3 Å². The molecule has 0 unspecified atom stereocenters. The molecule has 0 amide bonds. The van der Waals surface area contributed by atoms with E-state index in [1.165, 1.54) is 26.9 Å². The average molecular weight is 256 g/mol. The fourth-order valence-electron chi connectivity index (χ4n) is 2.24. The van der Waals surface area contributed by atoms with Gasteiger partial charge in [-0.25, -0.2) is 0 Å². The molecule has 0 bridgehead atoms. The Hall–Kier alpha value is -1.58.